The lowest BCUT2D eigenvalue weighted by Crippen LogP contribution is -2.41. The van der Waals surface area contributed by atoms with Crippen LogP contribution in [0.25, 0.3) is 0 Å². The molecule has 0 aliphatic carbocycles. The highest BCUT2D eigenvalue weighted by Gasteiger charge is 2.29. The number of hydrogen-bond acceptors (Lipinski definition) is 4. The lowest BCUT2D eigenvalue weighted by atomic mass is 10.2. The van der Waals surface area contributed by atoms with E-state index in [0.717, 1.165) is 4.88 Å². The Labute approximate surface area is 92.1 Å². The second-order valence-electron chi connectivity index (χ2n) is 3.40. The average Bonchev–Trinajstić information content (AvgIpc) is 2.72. The molecule has 82 valence electrons. The van der Waals surface area contributed by atoms with Crippen molar-refractivity contribution in [1.29, 1.82) is 0 Å². The van der Waals surface area contributed by atoms with E-state index >= 15 is 0 Å². The zero-order chi connectivity index (χ0) is 10.7. The topological polar surface area (TPSA) is 49.8 Å². The van der Waals surface area contributed by atoms with Gasteiger partial charge in [-0.2, -0.15) is 0 Å². The molecule has 1 atom stereocenters. The fourth-order valence-electron chi connectivity index (χ4n) is 1.74. The van der Waals surface area contributed by atoms with Crippen molar-refractivity contribution in [3.63, 3.8) is 0 Å². The quantitative estimate of drug-likeness (QED) is 0.843. The van der Waals surface area contributed by atoms with E-state index in [4.69, 9.17) is 4.74 Å². The monoisotopic (exact) mass is 227 g/mol. The highest BCUT2D eigenvalue weighted by Crippen LogP contribution is 2.25. The first-order chi connectivity index (χ1) is 7.29. The zero-order valence-corrected chi connectivity index (χ0v) is 9.07. The molecule has 1 aromatic heterocycles. The van der Waals surface area contributed by atoms with Gasteiger partial charge in [-0.05, 0) is 11.4 Å². The molecule has 1 unspecified atom stereocenters. The third-order valence-electron chi connectivity index (χ3n) is 2.46. The number of morpholine rings is 1. The van der Waals surface area contributed by atoms with E-state index in [1.165, 1.54) is 11.3 Å². The molecule has 1 aliphatic rings. The standard InChI is InChI=1S/C10H13NO3S/c12-10(13)9(8-2-1-7-15-8)11-3-5-14-6-4-11/h1-2,7,9H,3-6H2,(H,12,13). The molecule has 0 radical (unpaired) electrons. The molecule has 15 heavy (non-hydrogen) atoms. The van der Waals surface area contributed by atoms with Crippen LogP contribution in [0.4, 0.5) is 0 Å². The first kappa shape index (κ1) is 10.6. The predicted octanol–water partition coefficient (Wildman–Crippen LogP) is 1.21. The molecule has 1 fully saturated rings. The van der Waals surface area contributed by atoms with Crippen LogP contribution in [-0.2, 0) is 9.53 Å². The predicted molar refractivity (Wildman–Crippen MR) is 57.1 cm³/mol. The first-order valence-electron chi connectivity index (χ1n) is 4.87. The Balaban J connectivity index is 2.15. The van der Waals surface area contributed by atoms with E-state index in [1.54, 1.807) is 0 Å². The number of thiophene rings is 1. The maximum atomic E-state index is 11.2. The van der Waals surface area contributed by atoms with Gasteiger partial charge in [0.25, 0.3) is 0 Å². The van der Waals surface area contributed by atoms with Crippen LogP contribution in [-0.4, -0.2) is 42.3 Å². The number of carboxylic acids is 1. The summed E-state index contributed by atoms with van der Waals surface area (Å²) in [6.07, 6.45) is 0. The van der Waals surface area contributed by atoms with E-state index in [0.29, 0.717) is 26.3 Å². The Hall–Kier alpha value is -0.910. The van der Waals surface area contributed by atoms with Gasteiger partial charge in [-0.3, -0.25) is 9.69 Å². The molecule has 2 rings (SSSR count). The summed E-state index contributed by atoms with van der Waals surface area (Å²) in [5, 5.41) is 11.1. The van der Waals surface area contributed by atoms with Crippen molar-refractivity contribution in [2.75, 3.05) is 26.3 Å². The second-order valence-corrected chi connectivity index (χ2v) is 4.38. The van der Waals surface area contributed by atoms with Gasteiger partial charge in [-0.1, -0.05) is 6.07 Å². The van der Waals surface area contributed by atoms with Crippen LogP contribution in [0.2, 0.25) is 0 Å². The zero-order valence-electron chi connectivity index (χ0n) is 8.26. The van der Waals surface area contributed by atoms with Crippen molar-refractivity contribution in [3.05, 3.63) is 22.4 Å². The molecule has 1 aliphatic heterocycles. The number of hydrogen-bond donors (Lipinski definition) is 1. The number of rotatable bonds is 3. The lowest BCUT2D eigenvalue weighted by molar-refractivity contribution is -0.145. The smallest absolute Gasteiger partial charge is 0.326 e. The largest absolute Gasteiger partial charge is 0.480 e. The summed E-state index contributed by atoms with van der Waals surface area (Å²) in [4.78, 5) is 14.1. The molecule has 0 aromatic carbocycles. The maximum Gasteiger partial charge on any atom is 0.326 e. The average molecular weight is 227 g/mol. The fourth-order valence-corrected chi connectivity index (χ4v) is 2.59. The number of carboxylic acid groups (broad SMARTS) is 1. The summed E-state index contributed by atoms with van der Waals surface area (Å²) in [7, 11) is 0. The molecule has 0 saturated carbocycles. The molecule has 0 amide bonds. The number of aliphatic carboxylic acids is 1. The SMILES string of the molecule is O=C(O)C(c1cccs1)N1CCOCC1. The van der Waals surface area contributed by atoms with Gasteiger partial charge in [-0.25, -0.2) is 0 Å². The van der Waals surface area contributed by atoms with Crippen molar-refractivity contribution in [2.45, 2.75) is 6.04 Å². The minimum Gasteiger partial charge on any atom is -0.480 e. The Morgan fingerprint density at radius 1 is 1.53 bits per heavy atom. The van der Waals surface area contributed by atoms with E-state index in [2.05, 4.69) is 0 Å². The van der Waals surface area contributed by atoms with E-state index in [9.17, 15) is 9.90 Å². The van der Waals surface area contributed by atoms with Crippen LogP contribution < -0.4 is 0 Å². The third-order valence-corrected chi connectivity index (χ3v) is 3.38. The van der Waals surface area contributed by atoms with E-state index < -0.39 is 12.0 Å². The van der Waals surface area contributed by atoms with Crippen molar-refractivity contribution < 1.29 is 14.6 Å². The number of carbonyl (C=O) groups is 1. The summed E-state index contributed by atoms with van der Waals surface area (Å²) < 4.78 is 5.22. The van der Waals surface area contributed by atoms with Crippen LogP contribution in [0.1, 0.15) is 10.9 Å². The van der Waals surface area contributed by atoms with Crippen LogP contribution >= 0.6 is 11.3 Å². The van der Waals surface area contributed by atoms with Gasteiger partial charge in [0.05, 0.1) is 13.2 Å². The Morgan fingerprint density at radius 3 is 2.80 bits per heavy atom. The molecule has 1 N–H and O–H groups in total. The molecule has 0 bridgehead atoms. The fraction of sp³-hybridized carbons (Fsp3) is 0.500. The maximum absolute atomic E-state index is 11.2. The second kappa shape index (κ2) is 4.74. The highest BCUT2D eigenvalue weighted by molar-refractivity contribution is 7.10. The van der Waals surface area contributed by atoms with Gasteiger partial charge in [0, 0.05) is 18.0 Å². The highest BCUT2D eigenvalue weighted by atomic mass is 32.1. The van der Waals surface area contributed by atoms with Gasteiger partial charge < -0.3 is 9.84 Å². The van der Waals surface area contributed by atoms with Crippen molar-refractivity contribution >= 4 is 17.3 Å². The molecule has 4 nitrogen and oxygen atoms in total. The normalized spacial score (nSPS) is 20.0. The number of nitrogens with zero attached hydrogens (tertiary/aromatic N) is 1. The molecular formula is C10H13NO3S. The summed E-state index contributed by atoms with van der Waals surface area (Å²) in [6, 6.07) is 3.25. The minimum atomic E-state index is -0.778. The van der Waals surface area contributed by atoms with Gasteiger partial charge in [0.15, 0.2) is 0 Å². The Morgan fingerprint density at radius 2 is 2.27 bits per heavy atom. The van der Waals surface area contributed by atoms with Crippen LogP contribution in [0.3, 0.4) is 0 Å². The summed E-state index contributed by atoms with van der Waals surface area (Å²) in [6.45, 7) is 2.62. The minimum absolute atomic E-state index is 0.506. The lowest BCUT2D eigenvalue weighted by Gasteiger charge is -2.31. The summed E-state index contributed by atoms with van der Waals surface area (Å²) in [5.74, 6) is -0.778. The first-order valence-corrected chi connectivity index (χ1v) is 5.75. The summed E-state index contributed by atoms with van der Waals surface area (Å²) in [5.41, 5.74) is 0. The molecule has 0 spiro atoms. The van der Waals surface area contributed by atoms with E-state index in [-0.39, 0.29) is 0 Å². The summed E-state index contributed by atoms with van der Waals surface area (Å²) >= 11 is 1.49. The van der Waals surface area contributed by atoms with Crippen molar-refractivity contribution in [2.24, 2.45) is 0 Å². The van der Waals surface area contributed by atoms with E-state index in [1.807, 2.05) is 22.4 Å². The number of ether oxygens (including phenoxy) is 1. The third kappa shape index (κ3) is 2.37. The van der Waals surface area contributed by atoms with Crippen LogP contribution in [0.5, 0.6) is 0 Å². The molecule has 1 aromatic rings. The van der Waals surface area contributed by atoms with Gasteiger partial charge in [0.2, 0.25) is 0 Å². The van der Waals surface area contributed by atoms with Gasteiger partial charge >= 0.3 is 5.97 Å². The molecular weight excluding hydrogens is 214 g/mol. The van der Waals surface area contributed by atoms with Crippen molar-refractivity contribution in [3.8, 4) is 0 Å². The van der Waals surface area contributed by atoms with Gasteiger partial charge in [-0.15, -0.1) is 11.3 Å². The molecule has 1 saturated heterocycles. The Kier molecular flexibility index (Phi) is 3.35. The van der Waals surface area contributed by atoms with Gasteiger partial charge in [0.1, 0.15) is 6.04 Å². The Bertz CT molecular complexity index is 319. The van der Waals surface area contributed by atoms with Crippen LogP contribution in [0.15, 0.2) is 17.5 Å². The van der Waals surface area contributed by atoms with Crippen molar-refractivity contribution in [1.82, 2.24) is 4.90 Å². The molecule has 5 heteroatoms. The molecule has 2 heterocycles. The van der Waals surface area contributed by atoms with Crippen LogP contribution in [0, 0.1) is 0 Å².